The summed E-state index contributed by atoms with van der Waals surface area (Å²) in [6.07, 6.45) is 1.67. The van der Waals surface area contributed by atoms with Crippen LogP contribution in [0.15, 0.2) is 48.7 Å². The molecule has 24 heavy (non-hydrogen) atoms. The second-order valence-electron chi connectivity index (χ2n) is 5.43. The van der Waals surface area contributed by atoms with Gasteiger partial charge < -0.3 is 10.2 Å². The van der Waals surface area contributed by atoms with E-state index in [1.165, 1.54) is 4.90 Å². The number of hydrogen-bond donors (Lipinski definition) is 1. The van der Waals surface area contributed by atoms with Crippen molar-refractivity contribution in [3.05, 3.63) is 59.4 Å². The largest absolute Gasteiger partial charge is 0.349 e. The second kappa shape index (κ2) is 7.31. The number of carbonyl (C=O) groups is 2. The van der Waals surface area contributed by atoms with E-state index in [2.05, 4.69) is 10.3 Å². The molecule has 0 saturated carbocycles. The third kappa shape index (κ3) is 3.83. The Bertz CT molecular complexity index is 738. The van der Waals surface area contributed by atoms with Crippen LogP contribution < -0.4 is 10.2 Å². The molecule has 0 aliphatic carbocycles. The first-order valence-electron chi connectivity index (χ1n) is 7.62. The molecule has 1 aliphatic heterocycles. The minimum Gasteiger partial charge on any atom is -0.349 e. The first-order chi connectivity index (χ1) is 11.6. The first kappa shape index (κ1) is 16.3. The molecule has 2 heterocycles. The summed E-state index contributed by atoms with van der Waals surface area (Å²) in [7, 11) is 0. The Labute approximate surface area is 145 Å². The van der Waals surface area contributed by atoms with Gasteiger partial charge in [-0.05, 0) is 30.3 Å². The molecule has 2 aromatic rings. The quantitative estimate of drug-likeness (QED) is 0.905. The van der Waals surface area contributed by atoms with Crippen LogP contribution in [0, 0.1) is 0 Å². The van der Waals surface area contributed by atoms with Crippen molar-refractivity contribution in [1.29, 1.82) is 0 Å². The van der Waals surface area contributed by atoms with Crippen molar-refractivity contribution < 1.29 is 9.59 Å². The maximum atomic E-state index is 12.4. The van der Waals surface area contributed by atoms with E-state index in [1.807, 2.05) is 24.3 Å². The molecule has 1 fully saturated rings. The zero-order chi connectivity index (χ0) is 16.9. The molecule has 0 bridgehead atoms. The maximum absolute atomic E-state index is 12.4. The molecule has 1 aromatic carbocycles. The van der Waals surface area contributed by atoms with Crippen LogP contribution >= 0.6 is 11.6 Å². The highest BCUT2D eigenvalue weighted by Gasteiger charge is 2.30. The highest BCUT2D eigenvalue weighted by atomic mass is 35.5. The van der Waals surface area contributed by atoms with Crippen LogP contribution in [0.5, 0.6) is 0 Å². The minimum absolute atomic E-state index is 0.0305. The Balaban J connectivity index is 1.54. The summed E-state index contributed by atoms with van der Waals surface area (Å²) >= 11 is 5.97. The Hall–Kier alpha value is -2.60. The van der Waals surface area contributed by atoms with Crippen molar-refractivity contribution in [3.8, 4) is 0 Å². The summed E-state index contributed by atoms with van der Waals surface area (Å²) in [5.74, 6) is -0.207. The number of pyridine rings is 1. The number of anilines is 1. The average Bonchev–Trinajstić information content (AvgIpc) is 2.95. The summed E-state index contributed by atoms with van der Waals surface area (Å²) in [6.45, 7) is 1.41. The molecule has 0 unspecified atom stereocenters. The fraction of sp³-hybridized carbons (Fsp3) is 0.235. The number of urea groups is 1. The lowest BCUT2D eigenvalue weighted by Crippen LogP contribution is -2.39. The summed E-state index contributed by atoms with van der Waals surface area (Å²) in [5, 5.41) is 3.35. The molecule has 1 N–H and O–H groups in total. The molecule has 6 nitrogen and oxygen atoms in total. The van der Waals surface area contributed by atoms with Crippen LogP contribution in [-0.4, -0.2) is 41.5 Å². The van der Waals surface area contributed by atoms with Crippen molar-refractivity contribution in [3.63, 3.8) is 0 Å². The fourth-order valence-electron chi connectivity index (χ4n) is 2.53. The van der Waals surface area contributed by atoms with Crippen LogP contribution in [0.4, 0.5) is 10.5 Å². The van der Waals surface area contributed by atoms with E-state index >= 15 is 0 Å². The van der Waals surface area contributed by atoms with Gasteiger partial charge in [0.1, 0.15) is 6.54 Å². The van der Waals surface area contributed by atoms with Crippen molar-refractivity contribution >= 4 is 29.2 Å². The fourth-order valence-corrected chi connectivity index (χ4v) is 2.72. The van der Waals surface area contributed by atoms with Gasteiger partial charge in [-0.3, -0.25) is 14.7 Å². The molecule has 3 amide bonds. The monoisotopic (exact) mass is 344 g/mol. The highest BCUT2D eigenvalue weighted by Crippen LogP contribution is 2.23. The van der Waals surface area contributed by atoms with E-state index in [9.17, 15) is 9.59 Å². The van der Waals surface area contributed by atoms with Gasteiger partial charge in [-0.15, -0.1) is 0 Å². The SMILES string of the molecule is O=C(CN1CCN(c2cccc(Cl)c2)C1=O)NCc1ccccn1. The van der Waals surface area contributed by atoms with Crippen molar-refractivity contribution in [2.75, 3.05) is 24.5 Å². The molecule has 1 aromatic heterocycles. The van der Waals surface area contributed by atoms with Crippen molar-refractivity contribution in [1.82, 2.24) is 15.2 Å². The van der Waals surface area contributed by atoms with E-state index in [0.29, 0.717) is 24.7 Å². The normalized spacial score (nSPS) is 14.1. The topological polar surface area (TPSA) is 65.5 Å². The third-order valence-electron chi connectivity index (χ3n) is 3.74. The van der Waals surface area contributed by atoms with Crippen LogP contribution in [-0.2, 0) is 11.3 Å². The van der Waals surface area contributed by atoms with Crippen LogP contribution in [0.3, 0.4) is 0 Å². The smallest absolute Gasteiger partial charge is 0.325 e. The third-order valence-corrected chi connectivity index (χ3v) is 3.98. The van der Waals surface area contributed by atoms with Gasteiger partial charge in [0, 0.05) is 30.0 Å². The number of nitrogens with zero attached hydrogens (tertiary/aromatic N) is 3. The molecule has 3 rings (SSSR count). The van der Waals surface area contributed by atoms with Gasteiger partial charge >= 0.3 is 6.03 Å². The lowest BCUT2D eigenvalue weighted by atomic mass is 10.3. The molecule has 0 spiro atoms. The number of nitrogens with one attached hydrogen (secondary N) is 1. The molecule has 7 heteroatoms. The Morgan fingerprint density at radius 1 is 1.21 bits per heavy atom. The van der Waals surface area contributed by atoms with Gasteiger partial charge in [0.15, 0.2) is 0 Å². The Morgan fingerprint density at radius 3 is 2.83 bits per heavy atom. The number of benzene rings is 1. The van der Waals surface area contributed by atoms with E-state index in [-0.39, 0.29) is 18.5 Å². The summed E-state index contributed by atoms with van der Waals surface area (Å²) in [6, 6.07) is 12.5. The molecule has 1 aliphatic rings. The standard InChI is InChI=1S/C17H17ClN4O2/c18-13-4-3-6-15(10-13)22-9-8-21(17(22)24)12-16(23)20-11-14-5-1-2-7-19-14/h1-7,10H,8-9,11-12H2,(H,20,23). The van der Waals surface area contributed by atoms with Crippen LogP contribution in [0.25, 0.3) is 0 Å². The zero-order valence-electron chi connectivity index (χ0n) is 13.0. The average molecular weight is 345 g/mol. The zero-order valence-corrected chi connectivity index (χ0v) is 13.7. The molecule has 124 valence electrons. The maximum Gasteiger partial charge on any atom is 0.325 e. The number of amides is 3. The predicted molar refractivity (Wildman–Crippen MR) is 91.9 cm³/mol. The number of rotatable bonds is 5. The summed E-state index contributed by atoms with van der Waals surface area (Å²) < 4.78 is 0. The minimum atomic E-state index is -0.207. The van der Waals surface area contributed by atoms with Gasteiger partial charge in [-0.2, -0.15) is 0 Å². The predicted octanol–water partition coefficient (Wildman–Crippen LogP) is 2.29. The van der Waals surface area contributed by atoms with Gasteiger partial charge in [-0.25, -0.2) is 4.79 Å². The van der Waals surface area contributed by atoms with Crippen LogP contribution in [0.2, 0.25) is 5.02 Å². The first-order valence-corrected chi connectivity index (χ1v) is 8.00. The number of hydrogen-bond acceptors (Lipinski definition) is 3. The molecular formula is C17H17ClN4O2. The lowest BCUT2D eigenvalue weighted by Gasteiger charge is -2.18. The van der Waals surface area contributed by atoms with Gasteiger partial charge in [-0.1, -0.05) is 23.7 Å². The van der Waals surface area contributed by atoms with E-state index in [0.717, 1.165) is 11.4 Å². The molecule has 0 atom stereocenters. The van der Waals surface area contributed by atoms with E-state index in [1.54, 1.807) is 29.3 Å². The number of carbonyl (C=O) groups excluding carboxylic acids is 2. The molecular weight excluding hydrogens is 328 g/mol. The Morgan fingerprint density at radius 2 is 2.08 bits per heavy atom. The lowest BCUT2D eigenvalue weighted by molar-refractivity contribution is -0.121. The molecule has 1 saturated heterocycles. The van der Waals surface area contributed by atoms with Crippen molar-refractivity contribution in [2.24, 2.45) is 0 Å². The van der Waals surface area contributed by atoms with E-state index < -0.39 is 0 Å². The Kier molecular flexibility index (Phi) is 4.96. The molecule has 0 radical (unpaired) electrons. The van der Waals surface area contributed by atoms with E-state index in [4.69, 9.17) is 11.6 Å². The van der Waals surface area contributed by atoms with Gasteiger partial charge in [0.05, 0.1) is 12.2 Å². The second-order valence-corrected chi connectivity index (χ2v) is 5.87. The van der Waals surface area contributed by atoms with Crippen LogP contribution in [0.1, 0.15) is 5.69 Å². The summed E-state index contributed by atoms with van der Waals surface area (Å²) in [4.78, 5) is 31.8. The highest BCUT2D eigenvalue weighted by molar-refractivity contribution is 6.30. The van der Waals surface area contributed by atoms with Gasteiger partial charge in [0.25, 0.3) is 0 Å². The number of halogens is 1. The number of aromatic nitrogens is 1. The van der Waals surface area contributed by atoms with Crippen molar-refractivity contribution in [2.45, 2.75) is 6.54 Å². The van der Waals surface area contributed by atoms with Gasteiger partial charge in [0.2, 0.25) is 5.91 Å². The summed E-state index contributed by atoms with van der Waals surface area (Å²) in [5.41, 5.74) is 1.52.